The standard InChI is InChI=1S/C13H9Cl2N3O2/c14-12-2-1-3-13(15)11(12)8-16-17-9-4-6-10(7-5-9)18(19)20/h1-8,17H/b16-8+. The quantitative estimate of drug-likeness (QED) is 0.518. The Bertz CT molecular complexity index is 637. The van der Waals surface area contributed by atoms with Gasteiger partial charge in [0.2, 0.25) is 0 Å². The highest BCUT2D eigenvalue weighted by Gasteiger charge is 2.04. The van der Waals surface area contributed by atoms with Gasteiger partial charge in [0.05, 0.1) is 26.9 Å². The van der Waals surface area contributed by atoms with Gasteiger partial charge in [-0.1, -0.05) is 29.3 Å². The lowest BCUT2D eigenvalue weighted by Crippen LogP contribution is -1.93. The number of anilines is 1. The lowest BCUT2D eigenvalue weighted by atomic mass is 10.2. The van der Waals surface area contributed by atoms with Gasteiger partial charge in [-0.2, -0.15) is 5.10 Å². The van der Waals surface area contributed by atoms with Gasteiger partial charge in [-0.05, 0) is 24.3 Å². The van der Waals surface area contributed by atoms with E-state index in [0.717, 1.165) is 0 Å². The molecule has 2 aromatic rings. The van der Waals surface area contributed by atoms with Crippen molar-refractivity contribution in [3.8, 4) is 0 Å². The fraction of sp³-hybridized carbons (Fsp3) is 0. The number of hydrazone groups is 1. The summed E-state index contributed by atoms with van der Waals surface area (Å²) in [6.45, 7) is 0. The highest BCUT2D eigenvalue weighted by molar-refractivity contribution is 6.38. The number of nitro groups is 1. The zero-order chi connectivity index (χ0) is 14.5. The maximum Gasteiger partial charge on any atom is 0.269 e. The number of hydrogen-bond donors (Lipinski definition) is 1. The summed E-state index contributed by atoms with van der Waals surface area (Å²) in [5.41, 5.74) is 3.99. The molecule has 20 heavy (non-hydrogen) atoms. The van der Waals surface area contributed by atoms with Crippen molar-refractivity contribution in [1.82, 2.24) is 0 Å². The molecule has 0 bridgehead atoms. The van der Waals surface area contributed by atoms with Gasteiger partial charge in [0.25, 0.3) is 5.69 Å². The molecule has 0 unspecified atom stereocenters. The van der Waals surface area contributed by atoms with Crippen molar-refractivity contribution in [2.75, 3.05) is 5.43 Å². The first-order valence-corrected chi connectivity index (χ1v) is 6.31. The van der Waals surface area contributed by atoms with Crippen molar-refractivity contribution in [1.29, 1.82) is 0 Å². The summed E-state index contributed by atoms with van der Waals surface area (Å²) in [6, 6.07) is 11.1. The number of nitrogens with zero attached hydrogens (tertiary/aromatic N) is 2. The van der Waals surface area contributed by atoms with E-state index in [9.17, 15) is 10.1 Å². The van der Waals surface area contributed by atoms with Crippen LogP contribution in [0.4, 0.5) is 11.4 Å². The van der Waals surface area contributed by atoms with Gasteiger partial charge >= 0.3 is 0 Å². The van der Waals surface area contributed by atoms with Crippen molar-refractivity contribution < 1.29 is 4.92 Å². The number of halogens is 2. The van der Waals surface area contributed by atoms with Crippen LogP contribution in [0.3, 0.4) is 0 Å². The third-order valence-electron chi connectivity index (χ3n) is 2.47. The zero-order valence-electron chi connectivity index (χ0n) is 10.1. The van der Waals surface area contributed by atoms with Crippen LogP contribution < -0.4 is 5.43 Å². The normalized spacial score (nSPS) is 10.7. The smallest absolute Gasteiger partial charge is 0.269 e. The first-order valence-electron chi connectivity index (χ1n) is 5.55. The molecular formula is C13H9Cl2N3O2. The minimum Gasteiger partial charge on any atom is -0.278 e. The highest BCUT2D eigenvalue weighted by atomic mass is 35.5. The van der Waals surface area contributed by atoms with E-state index in [4.69, 9.17) is 23.2 Å². The van der Waals surface area contributed by atoms with Gasteiger partial charge in [-0.15, -0.1) is 0 Å². The highest BCUT2D eigenvalue weighted by Crippen LogP contribution is 2.22. The Labute approximate surface area is 125 Å². The largest absolute Gasteiger partial charge is 0.278 e. The molecule has 0 aliphatic carbocycles. The van der Waals surface area contributed by atoms with Crippen LogP contribution in [0, 0.1) is 10.1 Å². The molecule has 0 aromatic heterocycles. The summed E-state index contributed by atoms with van der Waals surface area (Å²) in [7, 11) is 0. The van der Waals surface area contributed by atoms with Crippen molar-refractivity contribution in [2.45, 2.75) is 0 Å². The molecule has 0 atom stereocenters. The maximum absolute atomic E-state index is 10.5. The fourth-order valence-electron chi connectivity index (χ4n) is 1.46. The van der Waals surface area contributed by atoms with Gasteiger partial charge in [0.15, 0.2) is 0 Å². The van der Waals surface area contributed by atoms with E-state index in [1.165, 1.54) is 18.3 Å². The number of rotatable bonds is 4. The predicted molar refractivity (Wildman–Crippen MR) is 80.8 cm³/mol. The molecule has 2 rings (SSSR count). The van der Waals surface area contributed by atoms with E-state index in [1.807, 2.05) is 0 Å². The van der Waals surface area contributed by atoms with Crippen LogP contribution in [0.15, 0.2) is 47.6 Å². The van der Waals surface area contributed by atoms with Crippen LogP contribution in [0.1, 0.15) is 5.56 Å². The van der Waals surface area contributed by atoms with E-state index in [-0.39, 0.29) is 5.69 Å². The van der Waals surface area contributed by atoms with Crippen molar-refractivity contribution >= 4 is 40.8 Å². The number of benzene rings is 2. The summed E-state index contributed by atoms with van der Waals surface area (Å²) in [4.78, 5) is 10.1. The monoisotopic (exact) mass is 309 g/mol. The molecule has 0 spiro atoms. The minimum atomic E-state index is -0.462. The molecule has 0 radical (unpaired) electrons. The van der Waals surface area contributed by atoms with Gasteiger partial charge in [-0.3, -0.25) is 15.5 Å². The van der Waals surface area contributed by atoms with Gasteiger partial charge in [0, 0.05) is 17.7 Å². The number of hydrogen-bond acceptors (Lipinski definition) is 4. The Morgan fingerprint density at radius 3 is 2.25 bits per heavy atom. The molecule has 0 aliphatic heterocycles. The van der Waals surface area contributed by atoms with E-state index in [1.54, 1.807) is 30.3 Å². The van der Waals surface area contributed by atoms with E-state index >= 15 is 0 Å². The van der Waals surface area contributed by atoms with Crippen LogP contribution >= 0.6 is 23.2 Å². The summed E-state index contributed by atoms with van der Waals surface area (Å²) >= 11 is 12.0. The van der Waals surface area contributed by atoms with Crippen LogP contribution in [-0.4, -0.2) is 11.1 Å². The third-order valence-corrected chi connectivity index (χ3v) is 3.12. The summed E-state index contributed by atoms with van der Waals surface area (Å²) < 4.78 is 0. The predicted octanol–water partition coefficient (Wildman–Crippen LogP) is 4.35. The second kappa shape index (κ2) is 6.36. The molecule has 0 fully saturated rings. The second-order valence-electron chi connectivity index (χ2n) is 3.81. The van der Waals surface area contributed by atoms with Crippen molar-refractivity contribution in [3.63, 3.8) is 0 Å². The summed E-state index contributed by atoms with van der Waals surface area (Å²) in [5.74, 6) is 0. The molecule has 0 saturated carbocycles. The molecule has 5 nitrogen and oxygen atoms in total. The lowest BCUT2D eigenvalue weighted by molar-refractivity contribution is -0.384. The Hall–Kier alpha value is -2.11. The Morgan fingerprint density at radius 1 is 1.10 bits per heavy atom. The maximum atomic E-state index is 10.5. The number of non-ortho nitro benzene ring substituents is 1. The average molecular weight is 310 g/mol. The van der Waals surface area contributed by atoms with Gasteiger partial charge in [-0.25, -0.2) is 0 Å². The SMILES string of the molecule is O=[N+]([O-])c1ccc(N/N=C/c2c(Cl)cccc2Cl)cc1. The average Bonchev–Trinajstić information content (AvgIpc) is 2.42. The van der Waals surface area contributed by atoms with E-state index in [0.29, 0.717) is 21.3 Å². The minimum absolute atomic E-state index is 0.0219. The van der Waals surface area contributed by atoms with E-state index in [2.05, 4.69) is 10.5 Å². The lowest BCUT2D eigenvalue weighted by Gasteiger charge is -2.02. The molecule has 102 valence electrons. The van der Waals surface area contributed by atoms with Crippen molar-refractivity contribution in [2.24, 2.45) is 5.10 Å². The number of nitrogens with one attached hydrogen (secondary N) is 1. The third kappa shape index (κ3) is 3.46. The second-order valence-corrected chi connectivity index (χ2v) is 4.62. The van der Waals surface area contributed by atoms with Crippen LogP contribution in [0.25, 0.3) is 0 Å². The molecule has 0 saturated heterocycles. The number of nitro benzene ring substituents is 1. The fourth-order valence-corrected chi connectivity index (χ4v) is 1.96. The molecule has 0 aliphatic rings. The van der Waals surface area contributed by atoms with Crippen LogP contribution in [0.5, 0.6) is 0 Å². The van der Waals surface area contributed by atoms with E-state index < -0.39 is 4.92 Å². The van der Waals surface area contributed by atoms with Crippen LogP contribution in [0.2, 0.25) is 10.0 Å². The Kier molecular flexibility index (Phi) is 4.55. The Balaban J connectivity index is 2.08. The molecule has 0 heterocycles. The summed E-state index contributed by atoms with van der Waals surface area (Å²) in [6.07, 6.45) is 1.49. The van der Waals surface area contributed by atoms with Crippen LogP contribution in [-0.2, 0) is 0 Å². The zero-order valence-corrected chi connectivity index (χ0v) is 11.6. The molecule has 2 aromatic carbocycles. The van der Waals surface area contributed by atoms with Gasteiger partial charge < -0.3 is 0 Å². The summed E-state index contributed by atoms with van der Waals surface area (Å²) in [5, 5.41) is 15.5. The first-order chi connectivity index (χ1) is 9.58. The molecule has 0 amide bonds. The molecule has 7 heteroatoms. The molecular weight excluding hydrogens is 301 g/mol. The Morgan fingerprint density at radius 2 is 1.70 bits per heavy atom. The van der Waals surface area contributed by atoms with Gasteiger partial charge in [0.1, 0.15) is 0 Å². The van der Waals surface area contributed by atoms with Crippen molar-refractivity contribution in [3.05, 3.63) is 68.2 Å². The first kappa shape index (κ1) is 14.3. The molecule has 1 N–H and O–H groups in total. The topological polar surface area (TPSA) is 67.5 Å².